The van der Waals surface area contributed by atoms with Gasteiger partial charge in [-0.3, -0.25) is 9.59 Å². The van der Waals surface area contributed by atoms with Crippen LogP contribution in [0.2, 0.25) is 0 Å². The van der Waals surface area contributed by atoms with E-state index in [1.807, 2.05) is 0 Å². The van der Waals surface area contributed by atoms with Crippen LogP contribution in [-0.2, 0) is 0 Å². The maximum absolute atomic E-state index is 12.9. The van der Waals surface area contributed by atoms with E-state index in [2.05, 4.69) is 31.9 Å². The van der Waals surface area contributed by atoms with Gasteiger partial charge in [0.15, 0.2) is 11.3 Å². The standard InChI is InChI=1S/C19H14Br2N2O5/c20-12-8-11-9-13(19(26)28-16(11)14(21)10-12)17(24)22-3-5-23(6-4-22)18(25)15-2-1-7-27-15/h1-2,7-10H,3-6H2. The highest BCUT2D eigenvalue weighted by molar-refractivity contribution is 9.11. The summed E-state index contributed by atoms with van der Waals surface area (Å²) in [6.45, 7) is 1.37. The van der Waals surface area contributed by atoms with E-state index < -0.39 is 11.5 Å². The maximum atomic E-state index is 12.9. The van der Waals surface area contributed by atoms with Crippen LogP contribution >= 0.6 is 31.9 Å². The second-order valence-corrected chi connectivity index (χ2v) is 8.09. The minimum Gasteiger partial charge on any atom is -0.459 e. The number of fused-ring (bicyclic) bond motifs is 1. The first-order valence-corrected chi connectivity index (χ1v) is 10.1. The molecule has 9 heteroatoms. The first-order valence-electron chi connectivity index (χ1n) is 8.49. The third kappa shape index (κ3) is 3.51. The van der Waals surface area contributed by atoms with Gasteiger partial charge in [0.25, 0.3) is 11.8 Å². The van der Waals surface area contributed by atoms with Crippen LogP contribution in [0.15, 0.2) is 59.2 Å². The van der Waals surface area contributed by atoms with Gasteiger partial charge in [0, 0.05) is 36.0 Å². The summed E-state index contributed by atoms with van der Waals surface area (Å²) < 4.78 is 11.9. The van der Waals surface area contributed by atoms with Crippen molar-refractivity contribution in [2.24, 2.45) is 0 Å². The van der Waals surface area contributed by atoms with Gasteiger partial charge in [-0.2, -0.15) is 0 Å². The SMILES string of the molecule is O=C(c1ccco1)N1CCN(C(=O)c2cc3cc(Br)cc(Br)c3oc2=O)CC1. The number of rotatable bonds is 2. The molecule has 2 amide bonds. The van der Waals surface area contributed by atoms with Gasteiger partial charge in [-0.05, 0) is 46.3 Å². The van der Waals surface area contributed by atoms with Crippen molar-refractivity contribution >= 4 is 54.6 Å². The lowest BCUT2D eigenvalue weighted by Crippen LogP contribution is -2.51. The van der Waals surface area contributed by atoms with Gasteiger partial charge in [-0.15, -0.1) is 0 Å². The van der Waals surface area contributed by atoms with Crippen molar-refractivity contribution in [1.29, 1.82) is 0 Å². The summed E-state index contributed by atoms with van der Waals surface area (Å²) >= 11 is 6.74. The number of halogens is 2. The predicted molar refractivity (Wildman–Crippen MR) is 108 cm³/mol. The fourth-order valence-electron chi connectivity index (χ4n) is 3.15. The molecule has 144 valence electrons. The lowest BCUT2D eigenvalue weighted by atomic mass is 10.1. The van der Waals surface area contributed by atoms with Crippen LogP contribution in [0, 0.1) is 0 Å². The molecule has 0 spiro atoms. The maximum Gasteiger partial charge on any atom is 0.349 e. The van der Waals surface area contributed by atoms with Gasteiger partial charge in [0.1, 0.15) is 5.56 Å². The largest absolute Gasteiger partial charge is 0.459 e. The molecule has 1 aromatic carbocycles. The second-order valence-electron chi connectivity index (χ2n) is 6.32. The fourth-order valence-corrected chi connectivity index (χ4v) is 4.48. The average Bonchev–Trinajstić information content (AvgIpc) is 3.22. The van der Waals surface area contributed by atoms with Gasteiger partial charge in [-0.25, -0.2) is 4.79 Å². The summed E-state index contributed by atoms with van der Waals surface area (Å²) in [5.41, 5.74) is -0.323. The Balaban J connectivity index is 1.53. The highest BCUT2D eigenvalue weighted by Gasteiger charge is 2.28. The molecule has 4 rings (SSSR count). The number of piperazine rings is 1. The Kier molecular flexibility index (Phi) is 5.11. The molecule has 0 radical (unpaired) electrons. The third-order valence-corrected chi connectivity index (χ3v) is 5.61. The Bertz CT molecular complexity index is 1120. The third-order valence-electron chi connectivity index (χ3n) is 4.57. The number of benzene rings is 1. The number of hydrogen-bond acceptors (Lipinski definition) is 5. The second kappa shape index (κ2) is 7.56. The van der Waals surface area contributed by atoms with E-state index in [1.165, 1.54) is 6.26 Å². The molecule has 1 aliphatic heterocycles. The number of nitrogens with zero attached hydrogens (tertiary/aromatic N) is 2. The van der Waals surface area contributed by atoms with Crippen LogP contribution in [0.25, 0.3) is 11.0 Å². The van der Waals surface area contributed by atoms with E-state index in [0.29, 0.717) is 41.6 Å². The molecule has 0 atom stereocenters. The molecule has 0 aliphatic carbocycles. The molecule has 28 heavy (non-hydrogen) atoms. The fraction of sp³-hybridized carbons (Fsp3) is 0.211. The highest BCUT2D eigenvalue weighted by Crippen LogP contribution is 2.28. The summed E-state index contributed by atoms with van der Waals surface area (Å²) in [4.78, 5) is 40.7. The first-order chi connectivity index (χ1) is 13.4. The van der Waals surface area contributed by atoms with E-state index in [1.54, 1.807) is 40.1 Å². The van der Waals surface area contributed by atoms with Gasteiger partial charge < -0.3 is 18.6 Å². The van der Waals surface area contributed by atoms with Crippen LogP contribution in [0.3, 0.4) is 0 Å². The molecule has 2 aromatic heterocycles. The van der Waals surface area contributed by atoms with Crippen molar-refractivity contribution in [2.75, 3.05) is 26.2 Å². The van der Waals surface area contributed by atoms with Crippen molar-refractivity contribution in [3.63, 3.8) is 0 Å². The molecule has 0 saturated carbocycles. The minimum atomic E-state index is -0.686. The zero-order chi connectivity index (χ0) is 19.8. The topological polar surface area (TPSA) is 84.0 Å². The molecular formula is C19H14Br2N2O5. The normalized spacial score (nSPS) is 14.5. The molecular weight excluding hydrogens is 496 g/mol. The van der Waals surface area contributed by atoms with E-state index >= 15 is 0 Å². The van der Waals surface area contributed by atoms with E-state index in [4.69, 9.17) is 8.83 Å². The Labute approximate surface area is 176 Å². The summed E-state index contributed by atoms with van der Waals surface area (Å²) in [5.74, 6) is -0.347. The van der Waals surface area contributed by atoms with Gasteiger partial charge in [0.05, 0.1) is 10.7 Å². The highest BCUT2D eigenvalue weighted by atomic mass is 79.9. The molecule has 1 aliphatic rings. The van der Waals surface area contributed by atoms with Crippen molar-refractivity contribution in [1.82, 2.24) is 9.80 Å². The van der Waals surface area contributed by atoms with Gasteiger partial charge in [0.2, 0.25) is 0 Å². The number of carbonyl (C=O) groups excluding carboxylic acids is 2. The Morgan fingerprint density at radius 1 is 0.964 bits per heavy atom. The zero-order valence-electron chi connectivity index (χ0n) is 14.5. The molecule has 1 fully saturated rings. The molecule has 1 saturated heterocycles. The lowest BCUT2D eigenvalue weighted by Gasteiger charge is -2.34. The van der Waals surface area contributed by atoms with Gasteiger partial charge >= 0.3 is 5.63 Å². The molecule has 0 unspecified atom stereocenters. The molecule has 3 heterocycles. The van der Waals surface area contributed by atoms with Crippen molar-refractivity contribution in [3.05, 3.63) is 67.3 Å². The van der Waals surface area contributed by atoms with E-state index in [0.717, 1.165) is 4.47 Å². The number of hydrogen-bond donors (Lipinski definition) is 0. The van der Waals surface area contributed by atoms with Crippen molar-refractivity contribution in [2.45, 2.75) is 0 Å². The van der Waals surface area contributed by atoms with Gasteiger partial charge in [-0.1, -0.05) is 15.9 Å². The number of carbonyl (C=O) groups is 2. The Hall–Kier alpha value is -2.39. The van der Waals surface area contributed by atoms with Crippen molar-refractivity contribution in [3.8, 4) is 0 Å². The van der Waals surface area contributed by atoms with Crippen LogP contribution in [-0.4, -0.2) is 47.8 Å². The lowest BCUT2D eigenvalue weighted by molar-refractivity contribution is 0.0516. The predicted octanol–water partition coefficient (Wildman–Crippen LogP) is 3.51. The Morgan fingerprint density at radius 3 is 2.29 bits per heavy atom. The summed E-state index contributed by atoms with van der Waals surface area (Å²) in [5, 5.41) is 0.635. The molecule has 0 bridgehead atoms. The first kappa shape index (κ1) is 18.9. The quantitative estimate of drug-likeness (QED) is 0.493. The zero-order valence-corrected chi connectivity index (χ0v) is 17.7. The smallest absolute Gasteiger partial charge is 0.349 e. The molecule has 7 nitrogen and oxygen atoms in total. The van der Waals surface area contributed by atoms with E-state index in [-0.39, 0.29) is 17.2 Å². The van der Waals surface area contributed by atoms with Crippen LogP contribution in [0.4, 0.5) is 0 Å². The average molecular weight is 510 g/mol. The summed E-state index contributed by atoms with van der Waals surface area (Å²) in [6.07, 6.45) is 1.45. The van der Waals surface area contributed by atoms with Crippen LogP contribution in [0.5, 0.6) is 0 Å². The Morgan fingerprint density at radius 2 is 1.64 bits per heavy atom. The molecule has 0 N–H and O–H groups in total. The van der Waals surface area contributed by atoms with E-state index in [9.17, 15) is 14.4 Å². The van der Waals surface area contributed by atoms with Crippen molar-refractivity contribution < 1.29 is 18.4 Å². The minimum absolute atomic E-state index is 0.0247. The summed E-state index contributed by atoms with van der Waals surface area (Å²) in [7, 11) is 0. The number of furan rings is 1. The monoisotopic (exact) mass is 508 g/mol. The van der Waals surface area contributed by atoms with Crippen LogP contribution in [0.1, 0.15) is 20.9 Å². The number of amides is 2. The molecule has 3 aromatic rings. The van der Waals surface area contributed by atoms with Crippen LogP contribution < -0.4 is 5.63 Å². The summed E-state index contributed by atoms with van der Waals surface area (Å²) in [6, 6.07) is 8.35.